The summed E-state index contributed by atoms with van der Waals surface area (Å²) in [4.78, 5) is 0. The summed E-state index contributed by atoms with van der Waals surface area (Å²) in [6.07, 6.45) is 0.969. The molecule has 0 radical (unpaired) electrons. The summed E-state index contributed by atoms with van der Waals surface area (Å²) in [6.45, 7) is 3.21. The summed E-state index contributed by atoms with van der Waals surface area (Å²) in [5.74, 6) is 0.147. The highest BCUT2D eigenvalue weighted by atomic mass is 19.1. The maximum atomic E-state index is 13.3. The number of ether oxygens (including phenoxy) is 1. The number of benzene rings is 1. The third-order valence-electron chi connectivity index (χ3n) is 3.05. The van der Waals surface area contributed by atoms with Crippen LogP contribution in [0.15, 0.2) is 18.2 Å². The quantitative estimate of drug-likeness (QED) is 0.810. The van der Waals surface area contributed by atoms with Crippen molar-refractivity contribution in [2.24, 2.45) is 11.7 Å². The van der Waals surface area contributed by atoms with Crippen LogP contribution in [-0.2, 0) is 4.74 Å². The average Bonchev–Trinajstić information content (AvgIpc) is 2.74. The van der Waals surface area contributed by atoms with Crippen molar-refractivity contribution < 1.29 is 9.13 Å². The third kappa shape index (κ3) is 2.19. The van der Waals surface area contributed by atoms with Crippen LogP contribution in [0.2, 0.25) is 0 Å². The molecule has 1 aromatic rings. The molecule has 2 rings (SSSR count). The zero-order valence-corrected chi connectivity index (χ0v) is 8.87. The lowest BCUT2D eigenvalue weighted by Gasteiger charge is -2.18. The fourth-order valence-corrected chi connectivity index (χ4v) is 1.92. The lowest BCUT2D eigenvalue weighted by atomic mass is 9.92. The number of aryl methyl sites for hydroxylation is 1. The van der Waals surface area contributed by atoms with Crippen LogP contribution in [0.5, 0.6) is 0 Å². The highest BCUT2D eigenvalue weighted by Crippen LogP contribution is 2.27. The summed E-state index contributed by atoms with van der Waals surface area (Å²) in [7, 11) is 0. The summed E-state index contributed by atoms with van der Waals surface area (Å²) in [5.41, 5.74) is 7.60. The second-order valence-electron chi connectivity index (χ2n) is 4.16. The minimum atomic E-state index is -0.179. The van der Waals surface area contributed by atoms with Gasteiger partial charge in [0.05, 0.1) is 6.61 Å². The maximum Gasteiger partial charge on any atom is 0.126 e. The van der Waals surface area contributed by atoms with Gasteiger partial charge in [0.2, 0.25) is 0 Å². The van der Waals surface area contributed by atoms with Gasteiger partial charge in [-0.05, 0) is 30.5 Å². The molecule has 0 amide bonds. The van der Waals surface area contributed by atoms with Gasteiger partial charge >= 0.3 is 0 Å². The SMILES string of the molecule is Cc1ccc(C(N)C2CCOC2)cc1F. The summed E-state index contributed by atoms with van der Waals surface area (Å²) in [5, 5.41) is 0. The van der Waals surface area contributed by atoms with Crippen LogP contribution in [-0.4, -0.2) is 13.2 Å². The first-order valence-electron chi connectivity index (χ1n) is 5.28. The summed E-state index contributed by atoms with van der Waals surface area (Å²) < 4.78 is 18.6. The zero-order chi connectivity index (χ0) is 10.8. The van der Waals surface area contributed by atoms with E-state index in [4.69, 9.17) is 10.5 Å². The predicted octanol–water partition coefficient (Wildman–Crippen LogP) is 2.17. The molecule has 0 saturated carbocycles. The third-order valence-corrected chi connectivity index (χ3v) is 3.05. The smallest absolute Gasteiger partial charge is 0.126 e. The Morgan fingerprint density at radius 1 is 1.53 bits per heavy atom. The lowest BCUT2D eigenvalue weighted by molar-refractivity contribution is 0.181. The number of hydrogen-bond donors (Lipinski definition) is 1. The van der Waals surface area contributed by atoms with Gasteiger partial charge in [0.25, 0.3) is 0 Å². The van der Waals surface area contributed by atoms with Crippen molar-refractivity contribution in [3.8, 4) is 0 Å². The number of halogens is 1. The Morgan fingerprint density at radius 2 is 2.33 bits per heavy atom. The van der Waals surface area contributed by atoms with Gasteiger partial charge in [0, 0.05) is 18.6 Å². The summed E-state index contributed by atoms with van der Waals surface area (Å²) in [6, 6.07) is 5.11. The maximum absolute atomic E-state index is 13.3. The zero-order valence-electron chi connectivity index (χ0n) is 8.87. The van der Waals surface area contributed by atoms with E-state index in [-0.39, 0.29) is 11.9 Å². The average molecular weight is 209 g/mol. The second-order valence-corrected chi connectivity index (χ2v) is 4.16. The summed E-state index contributed by atoms with van der Waals surface area (Å²) >= 11 is 0. The highest BCUT2D eigenvalue weighted by molar-refractivity contribution is 5.26. The van der Waals surface area contributed by atoms with E-state index in [1.807, 2.05) is 6.07 Å². The molecular weight excluding hydrogens is 193 g/mol. The molecule has 2 nitrogen and oxygen atoms in total. The molecule has 1 aliphatic heterocycles. The first-order valence-corrected chi connectivity index (χ1v) is 5.28. The van der Waals surface area contributed by atoms with Crippen LogP contribution < -0.4 is 5.73 Å². The highest BCUT2D eigenvalue weighted by Gasteiger charge is 2.24. The van der Waals surface area contributed by atoms with Crippen molar-refractivity contribution >= 4 is 0 Å². The van der Waals surface area contributed by atoms with Crippen LogP contribution >= 0.6 is 0 Å². The van der Waals surface area contributed by atoms with Crippen LogP contribution in [0.3, 0.4) is 0 Å². The molecule has 2 N–H and O–H groups in total. The molecule has 0 aliphatic carbocycles. The topological polar surface area (TPSA) is 35.2 Å². The molecular formula is C12H16FNO. The molecule has 0 spiro atoms. The van der Waals surface area contributed by atoms with E-state index < -0.39 is 0 Å². The van der Waals surface area contributed by atoms with Crippen molar-refractivity contribution in [3.63, 3.8) is 0 Å². The Morgan fingerprint density at radius 3 is 2.93 bits per heavy atom. The Hall–Kier alpha value is -0.930. The van der Waals surface area contributed by atoms with Crippen LogP contribution in [0.4, 0.5) is 4.39 Å². The van der Waals surface area contributed by atoms with E-state index >= 15 is 0 Å². The fourth-order valence-electron chi connectivity index (χ4n) is 1.92. The van der Waals surface area contributed by atoms with E-state index in [0.29, 0.717) is 18.1 Å². The minimum Gasteiger partial charge on any atom is -0.381 e. The van der Waals surface area contributed by atoms with E-state index in [9.17, 15) is 4.39 Å². The van der Waals surface area contributed by atoms with Crippen LogP contribution in [0.1, 0.15) is 23.6 Å². The Kier molecular flexibility index (Phi) is 3.03. The van der Waals surface area contributed by atoms with Gasteiger partial charge in [0.1, 0.15) is 5.82 Å². The van der Waals surface area contributed by atoms with E-state index in [1.165, 1.54) is 0 Å². The largest absolute Gasteiger partial charge is 0.381 e. The monoisotopic (exact) mass is 209 g/mol. The van der Waals surface area contributed by atoms with Crippen molar-refractivity contribution in [2.75, 3.05) is 13.2 Å². The Balaban J connectivity index is 2.17. The minimum absolute atomic E-state index is 0.109. The van der Waals surface area contributed by atoms with Gasteiger partial charge < -0.3 is 10.5 Å². The molecule has 1 aromatic carbocycles. The number of nitrogens with two attached hydrogens (primary N) is 1. The van der Waals surface area contributed by atoms with E-state index in [1.54, 1.807) is 19.1 Å². The Labute approximate surface area is 89.2 Å². The number of rotatable bonds is 2. The first kappa shape index (κ1) is 10.6. The van der Waals surface area contributed by atoms with Gasteiger partial charge in [0.15, 0.2) is 0 Å². The predicted molar refractivity (Wildman–Crippen MR) is 57.0 cm³/mol. The van der Waals surface area contributed by atoms with Crippen molar-refractivity contribution in [3.05, 3.63) is 35.1 Å². The molecule has 0 bridgehead atoms. The van der Waals surface area contributed by atoms with Crippen LogP contribution in [0, 0.1) is 18.7 Å². The molecule has 2 unspecified atom stereocenters. The molecule has 15 heavy (non-hydrogen) atoms. The van der Waals surface area contributed by atoms with E-state index in [0.717, 1.165) is 18.6 Å². The molecule has 1 heterocycles. The molecule has 2 atom stereocenters. The molecule has 1 fully saturated rings. The standard InChI is InChI=1S/C12H16FNO/c1-8-2-3-9(6-11(8)13)12(14)10-4-5-15-7-10/h2-3,6,10,12H,4-5,7,14H2,1H3. The molecule has 3 heteroatoms. The van der Waals surface area contributed by atoms with Crippen molar-refractivity contribution in [1.29, 1.82) is 0 Å². The van der Waals surface area contributed by atoms with Crippen molar-refractivity contribution in [1.82, 2.24) is 0 Å². The van der Waals surface area contributed by atoms with Crippen molar-refractivity contribution in [2.45, 2.75) is 19.4 Å². The van der Waals surface area contributed by atoms with Gasteiger partial charge in [-0.25, -0.2) is 4.39 Å². The lowest BCUT2D eigenvalue weighted by Crippen LogP contribution is -2.21. The second kappa shape index (κ2) is 4.29. The van der Waals surface area contributed by atoms with Gasteiger partial charge in [-0.15, -0.1) is 0 Å². The van der Waals surface area contributed by atoms with E-state index in [2.05, 4.69) is 0 Å². The number of hydrogen-bond acceptors (Lipinski definition) is 2. The molecule has 0 aromatic heterocycles. The molecule has 1 saturated heterocycles. The molecule has 1 aliphatic rings. The normalized spacial score (nSPS) is 23.0. The Bertz CT molecular complexity index is 347. The first-order chi connectivity index (χ1) is 7.18. The molecule has 82 valence electrons. The fraction of sp³-hybridized carbons (Fsp3) is 0.500. The van der Waals surface area contributed by atoms with Gasteiger partial charge in [-0.2, -0.15) is 0 Å². The van der Waals surface area contributed by atoms with Gasteiger partial charge in [-0.3, -0.25) is 0 Å². The van der Waals surface area contributed by atoms with Gasteiger partial charge in [-0.1, -0.05) is 12.1 Å². The van der Waals surface area contributed by atoms with Crippen LogP contribution in [0.25, 0.3) is 0 Å².